The topological polar surface area (TPSA) is 42.4 Å². The van der Waals surface area contributed by atoms with E-state index < -0.39 is 0 Å². The van der Waals surface area contributed by atoms with Crippen molar-refractivity contribution in [3.63, 3.8) is 0 Å². The molecule has 98 valence electrons. The molecule has 1 aliphatic rings. The van der Waals surface area contributed by atoms with Crippen LogP contribution >= 0.6 is 23.2 Å². The van der Waals surface area contributed by atoms with Crippen LogP contribution in [0.4, 0.5) is 0 Å². The van der Waals surface area contributed by atoms with Gasteiger partial charge in [0.2, 0.25) is 0 Å². The van der Waals surface area contributed by atoms with E-state index in [1.807, 2.05) is 6.07 Å². The number of aromatic nitrogens is 1. The fraction of sp³-hybridized carbons (Fsp3) is 0.500. The molecule has 0 N–H and O–H groups in total. The molecule has 18 heavy (non-hydrogen) atoms. The maximum absolute atomic E-state index is 11.4. The molecule has 0 saturated carbocycles. The third-order valence-electron chi connectivity index (χ3n) is 3.09. The number of esters is 1. The third kappa shape index (κ3) is 3.13. The molecule has 1 aromatic heterocycles. The van der Waals surface area contributed by atoms with Gasteiger partial charge in [0, 0.05) is 18.7 Å². The van der Waals surface area contributed by atoms with Crippen LogP contribution in [-0.2, 0) is 16.1 Å². The second kappa shape index (κ2) is 5.87. The van der Waals surface area contributed by atoms with Gasteiger partial charge in [0.1, 0.15) is 10.3 Å². The van der Waals surface area contributed by atoms with Crippen molar-refractivity contribution in [2.45, 2.75) is 13.0 Å². The Balaban J connectivity index is 1.97. The van der Waals surface area contributed by atoms with Crippen molar-refractivity contribution in [1.82, 2.24) is 9.88 Å². The van der Waals surface area contributed by atoms with Crippen molar-refractivity contribution in [3.8, 4) is 0 Å². The molecular formula is C12H14Cl2N2O2. The van der Waals surface area contributed by atoms with E-state index in [-0.39, 0.29) is 11.9 Å². The summed E-state index contributed by atoms with van der Waals surface area (Å²) in [5.74, 6) is -0.174. The first-order valence-corrected chi connectivity index (χ1v) is 6.47. The fourth-order valence-electron chi connectivity index (χ4n) is 2.14. The summed E-state index contributed by atoms with van der Waals surface area (Å²) in [6.45, 7) is 2.24. The molecule has 2 rings (SSSR count). The Bertz CT molecular complexity index is 454. The molecule has 0 amide bonds. The number of pyridine rings is 1. The average Bonchev–Trinajstić information content (AvgIpc) is 2.80. The molecule has 1 saturated heterocycles. The minimum atomic E-state index is -0.141. The lowest BCUT2D eigenvalue weighted by Gasteiger charge is -2.16. The van der Waals surface area contributed by atoms with Crippen molar-refractivity contribution in [3.05, 3.63) is 28.0 Å². The summed E-state index contributed by atoms with van der Waals surface area (Å²) >= 11 is 11.8. The highest BCUT2D eigenvalue weighted by atomic mass is 35.5. The Kier molecular flexibility index (Phi) is 4.43. The van der Waals surface area contributed by atoms with Gasteiger partial charge in [0.25, 0.3) is 0 Å². The molecule has 0 spiro atoms. The van der Waals surface area contributed by atoms with Gasteiger partial charge in [-0.3, -0.25) is 9.69 Å². The van der Waals surface area contributed by atoms with Crippen molar-refractivity contribution in [2.75, 3.05) is 20.2 Å². The van der Waals surface area contributed by atoms with E-state index in [0.29, 0.717) is 23.4 Å². The second-order valence-electron chi connectivity index (χ2n) is 4.33. The molecule has 1 fully saturated rings. The van der Waals surface area contributed by atoms with Crippen molar-refractivity contribution in [1.29, 1.82) is 0 Å². The maximum atomic E-state index is 11.4. The summed E-state index contributed by atoms with van der Waals surface area (Å²) in [6, 6.07) is 3.58. The number of ether oxygens (including phenoxy) is 1. The predicted octanol–water partition coefficient (Wildman–Crippen LogP) is 2.38. The van der Waals surface area contributed by atoms with Crippen LogP contribution in [0.2, 0.25) is 10.3 Å². The van der Waals surface area contributed by atoms with Crippen LogP contribution in [0.15, 0.2) is 12.1 Å². The normalized spacial score (nSPS) is 20.1. The first kappa shape index (κ1) is 13.6. The van der Waals surface area contributed by atoms with E-state index in [2.05, 4.69) is 9.88 Å². The summed E-state index contributed by atoms with van der Waals surface area (Å²) in [4.78, 5) is 17.6. The van der Waals surface area contributed by atoms with Crippen LogP contribution in [0.1, 0.15) is 12.0 Å². The number of carbonyl (C=O) groups excluding carboxylic acids is 1. The maximum Gasteiger partial charge on any atom is 0.310 e. The number of hydrogen-bond acceptors (Lipinski definition) is 4. The average molecular weight is 289 g/mol. The van der Waals surface area contributed by atoms with Gasteiger partial charge >= 0.3 is 5.97 Å². The Labute approximate surface area is 116 Å². The highest BCUT2D eigenvalue weighted by Crippen LogP contribution is 2.23. The molecular weight excluding hydrogens is 275 g/mol. The highest BCUT2D eigenvalue weighted by molar-refractivity contribution is 6.32. The SMILES string of the molecule is COC(=O)C1CCN(Cc2ccc(Cl)nc2Cl)C1. The lowest BCUT2D eigenvalue weighted by atomic mass is 10.1. The minimum Gasteiger partial charge on any atom is -0.469 e. The van der Waals surface area contributed by atoms with Crippen LogP contribution in [0.5, 0.6) is 0 Å². The first-order chi connectivity index (χ1) is 8.60. The molecule has 2 heterocycles. The van der Waals surface area contributed by atoms with Crippen LogP contribution in [-0.4, -0.2) is 36.1 Å². The van der Waals surface area contributed by atoms with Crippen LogP contribution < -0.4 is 0 Å². The Morgan fingerprint density at radius 1 is 1.56 bits per heavy atom. The number of rotatable bonds is 3. The lowest BCUT2D eigenvalue weighted by molar-refractivity contribution is -0.144. The molecule has 4 nitrogen and oxygen atoms in total. The smallest absolute Gasteiger partial charge is 0.310 e. The van der Waals surface area contributed by atoms with Gasteiger partial charge < -0.3 is 4.74 Å². The number of halogens is 2. The fourth-order valence-corrected chi connectivity index (χ4v) is 2.54. The molecule has 1 unspecified atom stereocenters. The molecule has 0 radical (unpaired) electrons. The molecule has 1 aliphatic heterocycles. The summed E-state index contributed by atoms with van der Waals surface area (Å²) in [7, 11) is 1.42. The third-order valence-corrected chi connectivity index (χ3v) is 3.63. The van der Waals surface area contributed by atoms with E-state index in [9.17, 15) is 4.79 Å². The summed E-state index contributed by atoms with van der Waals surface area (Å²) in [5.41, 5.74) is 0.923. The van der Waals surface area contributed by atoms with E-state index in [4.69, 9.17) is 27.9 Å². The Morgan fingerprint density at radius 3 is 3.00 bits per heavy atom. The number of carbonyl (C=O) groups is 1. The monoisotopic (exact) mass is 288 g/mol. The molecule has 0 aliphatic carbocycles. The summed E-state index contributed by atoms with van der Waals surface area (Å²) in [5, 5.41) is 0.807. The largest absolute Gasteiger partial charge is 0.469 e. The number of methoxy groups -OCH3 is 1. The van der Waals surface area contributed by atoms with Gasteiger partial charge in [0.15, 0.2) is 0 Å². The van der Waals surface area contributed by atoms with Crippen LogP contribution in [0.25, 0.3) is 0 Å². The first-order valence-electron chi connectivity index (χ1n) is 5.71. The van der Waals surface area contributed by atoms with Gasteiger partial charge in [-0.15, -0.1) is 0 Å². The standard InChI is InChI=1S/C12H14Cl2N2O2/c1-18-12(17)9-4-5-16(7-9)6-8-2-3-10(13)15-11(8)14/h2-3,9H,4-7H2,1H3. The van der Waals surface area contributed by atoms with E-state index in [1.165, 1.54) is 7.11 Å². The molecule has 6 heteroatoms. The van der Waals surface area contributed by atoms with E-state index >= 15 is 0 Å². The zero-order valence-electron chi connectivity index (χ0n) is 10.0. The minimum absolute atomic E-state index is 0.0333. The van der Waals surface area contributed by atoms with Gasteiger partial charge in [-0.05, 0) is 19.0 Å². The van der Waals surface area contributed by atoms with Crippen molar-refractivity contribution < 1.29 is 9.53 Å². The number of hydrogen-bond donors (Lipinski definition) is 0. The van der Waals surface area contributed by atoms with Gasteiger partial charge in [0.05, 0.1) is 13.0 Å². The summed E-state index contributed by atoms with van der Waals surface area (Å²) < 4.78 is 4.75. The van der Waals surface area contributed by atoms with Gasteiger partial charge in [-0.25, -0.2) is 4.98 Å². The highest BCUT2D eigenvalue weighted by Gasteiger charge is 2.29. The summed E-state index contributed by atoms with van der Waals surface area (Å²) in [6.07, 6.45) is 0.825. The van der Waals surface area contributed by atoms with Gasteiger partial charge in [-0.2, -0.15) is 0 Å². The van der Waals surface area contributed by atoms with Crippen LogP contribution in [0.3, 0.4) is 0 Å². The second-order valence-corrected chi connectivity index (χ2v) is 5.07. The predicted molar refractivity (Wildman–Crippen MR) is 69.7 cm³/mol. The Morgan fingerprint density at radius 2 is 2.33 bits per heavy atom. The molecule has 0 bridgehead atoms. The zero-order chi connectivity index (χ0) is 13.1. The van der Waals surface area contributed by atoms with Crippen molar-refractivity contribution >= 4 is 29.2 Å². The molecule has 0 aromatic carbocycles. The lowest BCUT2D eigenvalue weighted by Crippen LogP contribution is -2.23. The van der Waals surface area contributed by atoms with E-state index in [1.54, 1.807) is 6.07 Å². The van der Waals surface area contributed by atoms with E-state index in [0.717, 1.165) is 18.5 Å². The zero-order valence-corrected chi connectivity index (χ0v) is 11.5. The van der Waals surface area contributed by atoms with Gasteiger partial charge in [-0.1, -0.05) is 29.3 Å². The number of likely N-dealkylation sites (tertiary alicyclic amines) is 1. The molecule has 1 aromatic rings. The quantitative estimate of drug-likeness (QED) is 0.633. The number of nitrogens with zero attached hydrogens (tertiary/aromatic N) is 2. The Hall–Kier alpha value is -0.840. The van der Waals surface area contributed by atoms with Crippen molar-refractivity contribution in [2.24, 2.45) is 5.92 Å². The van der Waals surface area contributed by atoms with Crippen LogP contribution in [0, 0.1) is 5.92 Å². The molecule has 1 atom stereocenters.